The molecule has 8 heteroatoms. The van der Waals surface area contributed by atoms with Gasteiger partial charge in [-0.3, -0.25) is 4.98 Å². The van der Waals surface area contributed by atoms with E-state index in [0.29, 0.717) is 17.5 Å². The zero-order chi connectivity index (χ0) is 20.5. The first kappa shape index (κ1) is 18.9. The molecular weight excluding hydrogens is 396 g/mol. The number of pyridine rings is 3. The first-order valence-corrected chi connectivity index (χ1v) is 10.8. The molecule has 1 aliphatic rings. The van der Waals surface area contributed by atoms with E-state index in [2.05, 4.69) is 25.6 Å². The lowest BCUT2D eigenvalue weighted by molar-refractivity contribution is 0.213. The van der Waals surface area contributed by atoms with Gasteiger partial charge in [-0.2, -0.15) is 4.98 Å². The van der Waals surface area contributed by atoms with E-state index in [0.717, 1.165) is 51.6 Å². The highest BCUT2D eigenvalue weighted by Crippen LogP contribution is 2.31. The fourth-order valence-corrected chi connectivity index (χ4v) is 4.41. The minimum absolute atomic E-state index is 0.171. The Morgan fingerprint density at radius 2 is 2.03 bits per heavy atom. The molecule has 2 N–H and O–H groups in total. The van der Waals surface area contributed by atoms with Crippen LogP contribution in [0, 0.1) is 13.8 Å². The van der Waals surface area contributed by atoms with Crippen molar-refractivity contribution in [2.24, 2.45) is 0 Å². The summed E-state index contributed by atoms with van der Waals surface area (Å²) in [5.74, 6) is 2.06. The number of rotatable bonds is 5. The summed E-state index contributed by atoms with van der Waals surface area (Å²) in [5.41, 5.74) is 3.93. The molecule has 0 aromatic carbocycles. The highest BCUT2D eigenvalue weighted by molar-refractivity contribution is 7.21. The maximum Gasteiger partial charge on any atom is 0.218 e. The van der Waals surface area contributed by atoms with Crippen molar-refractivity contribution in [2.45, 2.75) is 26.4 Å². The van der Waals surface area contributed by atoms with E-state index in [-0.39, 0.29) is 6.10 Å². The molecule has 7 nitrogen and oxygen atoms in total. The number of fused-ring (bicyclic) bond motifs is 1. The molecule has 0 saturated carbocycles. The largest absolute Gasteiger partial charge is 0.473 e. The Balaban J connectivity index is 1.39. The van der Waals surface area contributed by atoms with E-state index in [9.17, 15) is 0 Å². The molecule has 0 radical (unpaired) electrons. The lowest BCUT2D eigenvalue weighted by atomic mass is 10.2. The number of hydrogen-bond acceptors (Lipinski definition) is 8. The van der Waals surface area contributed by atoms with Crippen LogP contribution >= 0.6 is 11.3 Å². The minimum atomic E-state index is 0.171. The number of thiazole rings is 1. The van der Waals surface area contributed by atoms with E-state index in [4.69, 9.17) is 9.72 Å². The summed E-state index contributed by atoms with van der Waals surface area (Å²) in [7, 11) is 0. The number of nitrogens with one attached hydrogen (secondary N) is 2. The summed E-state index contributed by atoms with van der Waals surface area (Å²) >= 11 is 1.60. The van der Waals surface area contributed by atoms with Crippen molar-refractivity contribution in [2.75, 3.05) is 18.4 Å². The molecule has 152 valence electrons. The molecule has 4 aromatic heterocycles. The second-order valence-electron chi connectivity index (χ2n) is 7.40. The second kappa shape index (κ2) is 7.97. The van der Waals surface area contributed by atoms with Crippen LogP contribution in [0.2, 0.25) is 0 Å². The Hall–Kier alpha value is -3.10. The lowest BCUT2D eigenvalue weighted by Crippen LogP contribution is -2.20. The number of ether oxygens (including phenoxy) is 1. The monoisotopic (exact) mass is 418 g/mol. The first-order valence-electron chi connectivity index (χ1n) is 9.96. The SMILES string of the molecule is Cc1ccc(Nc2cc3nc(-c4ncccc4C)sc3cn2)nc1OC1CCNC1. The number of hydrogen-bond donors (Lipinski definition) is 2. The number of nitrogens with zero attached hydrogens (tertiary/aromatic N) is 4. The summed E-state index contributed by atoms with van der Waals surface area (Å²) < 4.78 is 7.09. The van der Waals surface area contributed by atoms with Crippen LogP contribution in [0.5, 0.6) is 5.88 Å². The van der Waals surface area contributed by atoms with Crippen molar-refractivity contribution >= 4 is 33.2 Å². The molecule has 0 amide bonds. The molecule has 0 bridgehead atoms. The van der Waals surface area contributed by atoms with Gasteiger partial charge in [-0.15, -0.1) is 11.3 Å². The fourth-order valence-electron chi connectivity index (χ4n) is 3.43. The van der Waals surface area contributed by atoms with Gasteiger partial charge < -0.3 is 15.4 Å². The standard InChI is InChI=1S/C22H22N6OS/c1-13-4-3-8-24-20(13)22-26-16-10-19(25-12-17(16)30-22)27-18-6-5-14(2)21(28-18)29-15-7-9-23-11-15/h3-6,8,10,12,15,23H,7,9,11H2,1-2H3,(H,25,27,28). The van der Waals surface area contributed by atoms with Crippen molar-refractivity contribution in [1.82, 2.24) is 25.3 Å². The van der Waals surface area contributed by atoms with Crippen LogP contribution in [-0.2, 0) is 0 Å². The van der Waals surface area contributed by atoms with Crippen molar-refractivity contribution < 1.29 is 4.74 Å². The van der Waals surface area contributed by atoms with Gasteiger partial charge >= 0.3 is 0 Å². The molecule has 30 heavy (non-hydrogen) atoms. The van der Waals surface area contributed by atoms with Crippen molar-refractivity contribution in [3.8, 4) is 16.6 Å². The van der Waals surface area contributed by atoms with E-state index in [1.54, 1.807) is 17.5 Å². The zero-order valence-corrected chi connectivity index (χ0v) is 17.7. The van der Waals surface area contributed by atoms with E-state index in [1.165, 1.54) is 0 Å². The predicted octanol–water partition coefficient (Wildman–Crippen LogP) is 4.25. The van der Waals surface area contributed by atoms with Crippen LogP contribution in [-0.4, -0.2) is 39.1 Å². The van der Waals surface area contributed by atoms with E-state index in [1.807, 2.05) is 50.4 Å². The molecule has 1 aliphatic heterocycles. The first-order chi connectivity index (χ1) is 14.7. The quantitative estimate of drug-likeness (QED) is 0.501. The van der Waals surface area contributed by atoms with Gasteiger partial charge in [0.25, 0.3) is 0 Å². The summed E-state index contributed by atoms with van der Waals surface area (Å²) in [4.78, 5) is 18.4. The van der Waals surface area contributed by atoms with Gasteiger partial charge in [0.15, 0.2) is 0 Å². The average Bonchev–Trinajstić information content (AvgIpc) is 3.40. The van der Waals surface area contributed by atoms with Gasteiger partial charge in [-0.1, -0.05) is 12.1 Å². The van der Waals surface area contributed by atoms with Gasteiger partial charge in [-0.25, -0.2) is 9.97 Å². The second-order valence-corrected chi connectivity index (χ2v) is 8.43. The smallest absolute Gasteiger partial charge is 0.218 e. The van der Waals surface area contributed by atoms with Crippen LogP contribution in [0.25, 0.3) is 20.9 Å². The molecular formula is C22H22N6OS. The summed E-state index contributed by atoms with van der Waals surface area (Å²) in [5, 5.41) is 7.49. The van der Waals surface area contributed by atoms with Crippen LogP contribution < -0.4 is 15.4 Å². The zero-order valence-electron chi connectivity index (χ0n) is 16.8. The topological polar surface area (TPSA) is 84.9 Å². The molecule has 5 rings (SSSR count). The Bertz CT molecular complexity index is 1200. The maximum atomic E-state index is 6.07. The van der Waals surface area contributed by atoms with Gasteiger partial charge in [0.2, 0.25) is 5.88 Å². The highest BCUT2D eigenvalue weighted by atomic mass is 32.1. The van der Waals surface area contributed by atoms with Gasteiger partial charge in [0.05, 0.1) is 10.2 Å². The van der Waals surface area contributed by atoms with Crippen LogP contribution in [0.3, 0.4) is 0 Å². The van der Waals surface area contributed by atoms with Crippen molar-refractivity contribution in [1.29, 1.82) is 0 Å². The summed E-state index contributed by atoms with van der Waals surface area (Å²) in [6.07, 6.45) is 4.81. The molecule has 0 spiro atoms. The van der Waals surface area contributed by atoms with Crippen molar-refractivity contribution in [3.63, 3.8) is 0 Å². The maximum absolute atomic E-state index is 6.07. The van der Waals surface area contributed by atoms with E-state index < -0.39 is 0 Å². The average molecular weight is 419 g/mol. The Morgan fingerprint density at radius 1 is 1.10 bits per heavy atom. The summed E-state index contributed by atoms with van der Waals surface area (Å²) in [6.45, 7) is 5.90. The molecule has 1 saturated heterocycles. The number of aromatic nitrogens is 4. The predicted molar refractivity (Wildman–Crippen MR) is 120 cm³/mol. The third kappa shape index (κ3) is 3.83. The molecule has 1 atom stereocenters. The van der Waals surface area contributed by atoms with Crippen LogP contribution in [0.15, 0.2) is 42.7 Å². The summed E-state index contributed by atoms with van der Waals surface area (Å²) in [6, 6.07) is 9.87. The lowest BCUT2D eigenvalue weighted by Gasteiger charge is -2.14. The van der Waals surface area contributed by atoms with Gasteiger partial charge in [-0.05, 0) is 44.5 Å². The molecule has 5 heterocycles. The minimum Gasteiger partial charge on any atom is -0.473 e. The fraction of sp³-hybridized carbons (Fsp3) is 0.273. The van der Waals surface area contributed by atoms with Gasteiger partial charge in [0, 0.05) is 30.6 Å². The Morgan fingerprint density at radius 3 is 2.87 bits per heavy atom. The third-order valence-corrected chi connectivity index (χ3v) is 6.10. The number of aryl methyl sites for hydroxylation is 2. The van der Waals surface area contributed by atoms with Gasteiger partial charge in [0.1, 0.15) is 28.4 Å². The van der Waals surface area contributed by atoms with E-state index >= 15 is 0 Å². The van der Waals surface area contributed by atoms with Crippen molar-refractivity contribution in [3.05, 3.63) is 53.9 Å². The highest BCUT2D eigenvalue weighted by Gasteiger charge is 2.18. The third-order valence-electron chi connectivity index (χ3n) is 5.09. The number of anilines is 2. The van der Waals surface area contributed by atoms with Crippen LogP contribution in [0.4, 0.5) is 11.6 Å². The molecule has 1 fully saturated rings. The molecule has 4 aromatic rings. The Kier molecular flexibility index (Phi) is 5.02. The normalized spacial score (nSPS) is 16.1. The Labute approximate surface area is 178 Å². The molecule has 1 unspecified atom stereocenters. The molecule has 0 aliphatic carbocycles. The van der Waals surface area contributed by atoms with Crippen LogP contribution in [0.1, 0.15) is 17.5 Å².